The highest BCUT2D eigenvalue weighted by Gasteiger charge is 2.14. The van der Waals surface area contributed by atoms with Gasteiger partial charge >= 0.3 is 0 Å². The molecular weight excluding hydrogens is 212 g/mol. The van der Waals surface area contributed by atoms with Crippen molar-refractivity contribution in [1.82, 2.24) is 10.3 Å². The lowest BCUT2D eigenvalue weighted by Crippen LogP contribution is -2.25. The zero-order chi connectivity index (χ0) is 11.7. The highest BCUT2D eigenvalue weighted by molar-refractivity contribution is 5.87. The van der Waals surface area contributed by atoms with E-state index in [9.17, 15) is 5.11 Å². The number of rotatable bonds is 3. The second-order valence-corrected chi connectivity index (χ2v) is 4.88. The smallest absolute Gasteiger partial charge is 0.139 e. The quantitative estimate of drug-likeness (QED) is 0.759. The lowest BCUT2D eigenvalue weighted by Gasteiger charge is -2.10. The Balaban J connectivity index is 1.78. The fraction of sp³-hybridized carbons (Fsp3) is 0.429. The van der Waals surface area contributed by atoms with Crippen LogP contribution in [0.4, 0.5) is 0 Å². The van der Waals surface area contributed by atoms with Gasteiger partial charge in [-0.15, -0.1) is 0 Å². The minimum absolute atomic E-state index is 0.328. The molecule has 1 aliphatic carbocycles. The normalized spacial score (nSPS) is 16.9. The topological polar surface area (TPSA) is 48.0 Å². The van der Waals surface area contributed by atoms with Crippen LogP contribution in [0.1, 0.15) is 31.2 Å². The minimum Gasteiger partial charge on any atom is -0.506 e. The number of nitrogens with one attached hydrogen (secondary N) is 2. The minimum atomic E-state index is 0.328. The molecule has 1 aromatic heterocycles. The first kappa shape index (κ1) is 10.7. The molecule has 0 saturated heterocycles. The van der Waals surface area contributed by atoms with Crippen molar-refractivity contribution >= 4 is 10.9 Å². The van der Waals surface area contributed by atoms with Crippen LogP contribution in [0.2, 0.25) is 0 Å². The van der Waals surface area contributed by atoms with Gasteiger partial charge in [0, 0.05) is 24.2 Å². The zero-order valence-electron chi connectivity index (χ0n) is 9.87. The number of aromatic nitrogens is 1. The van der Waals surface area contributed by atoms with E-state index in [4.69, 9.17) is 0 Å². The largest absolute Gasteiger partial charge is 0.506 e. The molecule has 0 spiro atoms. The molecule has 1 saturated carbocycles. The fourth-order valence-electron chi connectivity index (χ4n) is 2.73. The molecule has 0 amide bonds. The molecule has 17 heavy (non-hydrogen) atoms. The third-order valence-electron chi connectivity index (χ3n) is 3.72. The highest BCUT2D eigenvalue weighted by atomic mass is 16.3. The summed E-state index contributed by atoms with van der Waals surface area (Å²) in [5, 5.41) is 14.4. The van der Waals surface area contributed by atoms with Crippen LogP contribution in [0.3, 0.4) is 0 Å². The third kappa shape index (κ3) is 2.03. The van der Waals surface area contributed by atoms with Crippen molar-refractivity contribution < 1.29 is 5.11 Å². The molecule has 0 atom stereocenters. The van der Waals surface area contributed by atoms with E-state index in [-0.39, 0.29) is 0 Å². The van der Waals surface area contributed by atoms with Gasteiger partial charge < -0.3 is 15.4 Å². The molecule has 3 N–H and O–H groups in total. The molecule has 2 aromatic rings. The van der Waals surface area contributed by atoms with Gasteiger partial charge in [-0.05, 0) is 24.5 Å². The number of H-pyrrole nitrogens is 1. The monoisotopic (exact) mass is 230 g/mol. The molecule has 3 heteroatoms. The van der Waals surface area contributed by atoms with Crippen LogP contribution in [0.25, 0.3) is 10.9 Å². The van der Waals surface area contributed by atoms with E-state index in [1.54, 1.807) is 6.07 Å². The number of hydrogen-bond donors (Lipinski definition) is 3. The zero-order valence-corrected chi connectivity index (χ0v) is 9.87. The predicted molar refractivity (Wildman–Crippen MR) is 69.1 cm³/mol. The molecule has 1 aliphatic rings. The summed E-state index contributed by atoms with van der Waals surface area (Å²) in [4.78, 5) is 3.14. The third-order valence-corrected chi connectivity index (χ3v) is 3.72. The number of phenolic OH excluding ortho intramolecular Hbond substituents is 1. The first-order valence-electron chi connectivity index (χ1n) is 6.36. The van der Waals surface area contributed by atoms with Crippen molar-refractivity contribution in [3.8, 4) is 5.75 Å². The summed E-state index contributed by atoms with van der Waals surface area (Å²) in [6.45, 7) is 0.883. The Labute approximate surface area is 101 Å². The Morgan fingerprint density at radius 2 is 2.12 bits per heavy atom. The van der Waals surface area contributed by atoms with Gasteiger partial charge in [-0.1, -0.05) is 25.0 Å². The first-order valence-corrected chi connectivity index (χ1v) is 6.36. The molecule has 1 fully saturated rings. The summed E-state index contributed by atoms with van der Waals surface area (Å²) >= 11 is 0. The maximum absolute atomic E-state index is 9.71. The van der Waals surface area contributed by atoms with Crippen molar-refractivity contribution in [2.45, 2.75) is 38.3 Å². The van der Waals surface area contributed by atoms with Crippen molar-refractivity contribution in [3.05, 3.63) is 30.0 Å². The van der Waals surface area contributed by atoms with Gasteiger partial charge in [0.2, 0.25) is 0 Å². The van der Waals surface area contributed by atoms with Gasteiger partial charge in [-0.3, -0.25) is 0 Å². The summed E-state index contributed by atoms with van der Waals surface area (Å²) in [7, 11) is 0. The van der Waals surface area contributed by atoms with Gasteiger partial charge in [-0.25, -0.2) is 0 Å². The van der Waals surface area contributed by atoms with Crippen LogP contribution >= 0.6 is 0 Å². The lowest BCUT2D eigenvalue weighted by molar-refractivity contribution is 0.480. The molecule has 0 aliphatic heterocycles. The standard InChI is InChI=1S/C14H18N2O/c17-13-7-3-6-12-10(9-16-14(12)13)8-15-11-4-1-2-5-11/h3,6-7,9,11,15-17H,1-2,4-5,8H2. The average Bonchev–Trinajstić information content (AvgIpc) is 2.95. The van der Waals surface area contributed by atoms with Gasteiger partial charge in [-0.2, -0.15) is 0 Å². The summed E-state index contributed by atoms with van der Waals surface area (Å²) < 4.78 is 0. The highest BCUT2D eigenvalue weighted by Crippen LogP contribution is 2.26. The second-order valence-electron chi connectivity index (χ2n) is 4.88. The number of aromatic amines is 1. The Morgan fingerprint density at radius 1 is 1.29 bits per heavy atom. The van der Waals surface area contributed by atoms with Crippen LogP contribution in [-0.2, 0) is 6.54 Å². The van der Waals surface area contributed by atoms with E-state index < -0.39 is 0 Å². The van der Waals surface area contributed by atoms with Crippen molar-refractivity contribution in [2.24, 2.45) is 0 Å². The first-order chi connectivity index (χ1) is 8.34. The molecule has 3 nitrogen and oxygen atoms in total. The Bertz CT molecular complexity index is 512. The van der Waals surface area contributed by atoms with Crippen molar-refractivity contribution in [2.75, 3.05) is 0 Å². The SMILES string of the molecule is Oc1cccc2c(CNC3CCCC3)c[nH]c12. The molecule has 3 rings (SSSR count). The number of fused-ring (bicyclic) bond motifs is 1. The second kappa shape index (κ2) is 4.41. The average molecular weight is 230 g/mol. The number of aromatic hydroxyl groups is 1. The number of para-hydroxylation sites is 1. The van der Waals surface area contributed by atoms with Gasteiger partial charge in [0.1, 0.15) is 5.75 Å². The van der Waals surface area contributed by atoms with Gasteiger partial charge in [0.05, 0.1) is 5.52 Å². The maximum atomic E-state index is 9.71. The molecule has 0 radical (unpaired) electrons. The summed E-state index contributed by atoms with van der Waals surface area (Å²) in [6.07, 6.45) is 7.30. The Morgan fingerprint density at radius 3 is 2.94 bits per heavy atom. The number of benzene rings is 1. The maximum Gasteiger partial charge on any atom is 0.139 e. The summed E-state index contributed by atoms with van der Waals surface area (Å²) in [5.41, 5.74) is 2.08. The van der Waals surface area contributed by atoms with E-state index in [1.165, 1.54) is 31.2 Å². The van der Waals surface area contributed by atoms with Crippen LogP contribution in [0.5, 0.6) is 5.75 Å². The number of phenols is 1. The molecule has 0 bridgehead atoms. The van der Waals surface area contributed by atoms with Crippen LogP contribution in [0.15, 0.2) is 24.4 Å². The van der Waals surface area contributed by atoms with E-state index in [2.05, 4.69) is 16.4 Å². The molecular formula is C14H18N2O. The van der Waals surface area contributed by atoms with Gasteiger partial charge in [0.15, 0.2) is 0 Å². The molecule has 0 unspecified atom stereocenters. The van der Waals surface area contributed by atoms with E-state index >= 15 is 0 Å². The van der Waals surface area contributed by atoms with E-state index in [0.29, 0.717) is 11.8 Å². The van der Waals surface area contributed by atoms with Crippen LogP contribution < -0.4 is 5.32 Å². The van der Waals surface area contributed by atoms with Crippen LogP contribution in [0, 0.1) is 0 Å². The predicted octanol–water partition coefficient (Wildman–Crippen LogP) is 2.91. The van der Waals surface area contributed by atoms with Crippen LogP contribution in [-0.4, -0.2) is 16.1 Å². The molecule has 1 heterocycles. The van der Waals surface area contributed by atoms with Crippen molar-refractivity contribution in [1.29, 1.82) is 0 Å². The fourth-order valence-corrected chi connectivity index (χ4v) is 2.73. The molecule has 90 valence electrons. The summed E-state index contributed by atoms with van der Waals surface area (Å²) in [6, 6.07) is 6.34. The Hall–Kier alpha value is -1.48. The van der Waals surface area contributed by atoms with Crippen molar-refractivity contribution in [3.63, 3.8) is 0 Å². The number of hydrogen-bond acceptors (Lipinski definition) is 2. The Kier molecular flexibility index (Phi) is 2.77. The van der Waals surface area contributed by atoms with E-state index in [1.807, 2.05) is 12.3 Å². The van der Waals surface area contributed by atoms with Gasteiger partial charge in [0.25, 0.3) is 0 Å². The lowest BCUT2D eigenvalue weighted by atomic mass is 10.1. The summed E-state index contributed by atoms with van der Waals surface area (Å²) in [5.74, 6) is 0.328. The molecule has 1 aromatic carbocycles. The van der Waals surface area contributed by atoms with E-state index in [0.717, 1.165) is 17.4 Å².